The lowest BCUT2D eigenvalue weighted by atomic mass is 9.92. The number of carbonyl (C=O) groups excluding carboxylic acids is 1. The lowest BCUT2D eigenvalue weighted by Crippen LogP contribution is -2.59. The van der Waals surface area contributed by atoms with Crippen molar-refractivity contribution in [3.8, 4) is 0 Å². The molecule has 0 aliphatic carbocycles. The van der Waals surface area contributed by atoms with Crippen molar-refractivity contribution >= 4 is 27.3 Å². The molecule has 2 saturated heterocycles. The topological polar surface area (TPSA) is 60.9 Å². The minimum atomic E-state index is -3.14. The van der Waals surface area contributed by atoms with E-state index in [4.69, 9.17) is 0 Å². The van der Waals surface area contributed by atoms with E-state index in [2.05, 4.69) is 11.8 Å². The fourth-order valence-corrected chi connectivity index (χ4v) is 5.78. The van der Waals surface area contributed by atoms with Gasteiger partial charge in [-0.3, -0.25) is 9.69 Å². The molecule has 0 radical (unpaired) electrons. The Balaban J connectivity index is 1.65. The lowest BCUT2D eigenvalue weighted by Gasteiger charge is -2.45. The molecule has 0 saturated carbocycles. The number of rotatable bonds is 4. The first kappa shape index (κ1) is 18.8. The molecule has 8 heteroatoms. The van der Waals surface area contributed by atoms with E-state index in [1.165, 1.54) is 17.6 Å². The van der Waals surface area contributed by atoms with Gasteiger partial charge in [-0.2, -0.15) is 0 Å². The Kier molecular flexibility index (Phi) is 5.26. The molecule has 0 N–H and O–H groups in total. The fraction of sp³-hybridized carbons (Fsp3) is 0.706. The largest absolute Gasteiger partial charge is 0.335 e. The number of aryl methyl sites for hydroxylation is 1. The van der Waals surface area contributed by atoms with Gasteiger partial charge in [-0.1, -0.05) is 6.92 Å². The second-order valence-electron chi connectivity index (χ2n) is 7.14. The van der Waals surface area contributed by atoms with Gasteiger partial charge in [-0.25, -0.2) is 12.7 Å². The van der Waals surface area contributed by atoms with Crippen LogP contribution in [0.1, 0.15) is 35.0 Å². The zero-order chi connectivity index (χ0) is 18.2. The summed E-state index contributed by atoms with van der Waals surface area (Å²) in [5.74, 6) is 0.127. The summed E-state index contributed by atoms with van der Waals surface area (Å²) < 4.78 is 25.4. The fourth-order valence-electron chi connectivity index (χ4n) is 3.99. The molecule has 3 heterocycles. The molecule has 0 aromatic carbocycles. The van der Waals surface area contributed by atoms with Crippen LogP contribution in [0.5, 0.6) is 0 Å². The van der Waals surface area contributed by atoms with E-state index in [1.54, 1.807) is 4.31 Å². The lowest BCUT2D eigenvalue weighted by molar-refractivity contribution is 0.0315. The molecular formula is C17H27N3O3S2. The Bertz CT molecular complexity index is 738. The first-order valence-corrected chi connectivity index (χ1v) is 11.5. The third kappa shape index (κ3) is 3.63. The minimum Gasteiger partial charge on any atom is -0.335 e. The second-order valence-corrected chi connectivity index (χ2v) is 10.0. The molecule has 0 spiro atoms. The summed E-state index contributed by atoms with van der Waals surface area (Å²) in [6, 6.07) is 1.98. The van der Waals surface area contributed by atoms with E-state index in [-0.39, 0.29) is 11.4 Å². The summed E-state index contributed by atoms with van der Waals surface area (Å²) in [5.41, 5.74) is 0.957. The standard InChI is InChI=1S/C17H27N3O3S2/c1-4-17(6-7-20(13-17)25(3,22)23)19-10-8-18(9-11-19)16(21)15-14(2)5-12-24-15/h5,12H,4,6-11,13H2,1-3H3/t17-/m1/s1. The highest BCUT2D eigenvalue weighted by Gasteiger charge is 2.45. The van der Waals surface area contributed by atoms with Gasteiger partial charge < -0.3 is 4.90 Å². The zero-order valence-electron chi connectivity index (χ0n) is 15.2. The molecule has 1 aromatic rings. The van der Waals surface area contributed by atoms with Crippen LogP contribution in [0.2, 0.25) is 0 Å². The number of hydrogen-bond acceptors (Lipinski definition) is 5. The molecule has 2 aliphatic rings. The van der Waals surface area contributed by atoms with Gasteiger partial charge in [0.25, 0.3) is 5.91 Å². The van der Waals surface area contributed by atoms with Crippen molar-refractivity contribution in [2.75, 3.05) is 45.5 Å². The van der Waals surface area contributed by atoms with Crippen LogP contribution < -0.4 is 0 Å². The molecule has 0 bridgehead atoms. The molecule has 0 unspecified atom stereocenters. The van der Waals surface area contributed by atoms with E-state index in [9.17, 15) is 13.2 Å². The van der Waals surface area contributed by atoms with Crippen molar-refractivity contribution in [3.63, 3.8) is 0 Å². The van der Waals surface area contributed by atoms with Gasteiger partial charge in [0.05, 0.1) is 11.1 Å². The van der Waals surface area contributed by atoms with Crippen LogP contribution in [-0.4, -0.2) is 79.5 Å². The van der Waals surface area contributed by atoms with E-state index in [0.29, 0.717) is 26.2 Å². The van der Waals surface area contributed by atoms with Crippen LogP contribution >= 0.6 is 11.3 Å². The van der Waals surface area contributed by atoms with Crippen molar-refractivity contribution in [1.29, 1.82) is 0 Å². The molecule has 2 aliphatic heterocycles. The van der Waals surface area contributed by atoms with Crippen LogP contribution in [0.3, 0.4) is 0 Å². The zero-order valence-corrected chi connectivity index (χ0v) is 16.8. The molecule has 6 nitrogen and oxygen atoms in total. The van der Waals surface area contributed by atoms with Crippen LogP contribution in [0.15, 0.2) is 11.4 Å². The monoisotopic (exact) mass is 385 g/mol. The van der Waals surface area contributed by atoms with Gasteiger partial charge in [0.15, 0.2) is 0 Å². The number of piperazine rings is 1. The van der Waals surface area contributed by atoms with Crippen molar-refractivity contribution in [3.05, 3.63) is 21.9 Å². The third-order valence-electron chi connectivity index (χ3n) is 5.72. The predicted octanol–water partition coefficient (Wildman–Crippen LogP) is 1.63. The molecule has 1 aromatic heterocycles. The van der Waals surface area contributed by atoms with Gasteiger partial charge in [0.2, 0.25) is 10.0 Å². The number of sulfonamides is 1. The normalized spacial score (nSPS) is 26.3. The minimum absolute atomic E-state index is 0.0862. The van der Waals surface area contributed by atoms with E-state index in [0.717, 1.165) is 36.4 Å². The number of amides is 1. The van der Waals surface area contributed by atoms with Gasteiger partial charge in [-0.15, -0.1) is 11.3 Å². The number of hydrogen-bond donors (Lipinski definition) is 0. The number of carbonyl (C=O) groups is 1. The summed E-state index contributed by atoms with van der Waals surface area (Å²) >= 11 is 1.51. The van der Waals surface area contributed by atoms with Gasteiger partial charge in [0.1, 0.15) is 0 Å². The predicted molar refractivity (Wildman–Crippen MR) is 101 cm³/mol. The first-order chi connectivity index (χ1) is 11.8. The second kappa shape index (κ2) is 6.98. The molecule has 25 heavy (non-hydrogen) atoms. The van der Waals surface area contributed by atoms with E-state index >= 15 is 0 Å². The Morgan fingerprint density at radius 3 is 2.40 bits per heavy atom. The van der Waals surface area contributed by atoms with Crippen molar-refractivity contribution in [2.45, 2.75) is 32.2 Å². The van der Waals surface area contributed by atoms with Crippen molar-refractivity contribution < 1.29 is 13.2 Å². The SMILES string of the molecule is CC[C@@]1(N2CCN(C(=O)c3sccc3C)CC2)CCN(S(C)(=O)=O)C1. The first-order valence-electron chi connectivity index (χ1n) is 8.80. The van der Waals surface area contributed by atoms with Crippen LogP contribution in [0.25, 0.3) is 0 Å². The Morgan fingerprint density at radius 1 is 1.24 bits per heavy atom. The molecule has 140 valence electrons. The smallest absolute Gasteiger partial charge is 0.264 e. The third-order valence-corrected chi connectivity index (χ3v) is 7.97. The Labute approximate surface area is 154 Å². The van der Waals surface area contributed by atoms with E-state index < -0.39 is 10.0 Å². The number of thiophene rings is 1. The van der Waals surface area contributed by atoms with E-state index in [1.807, 2.05) is 23.3 Å². The highest BCUT2D eigenvalue weighted by atomic mass is 32.2. The van der Waals surface area contributed by atoms with Gasteiger partial charge in [-0.05, 0) is 36.8 Å². The summed E-state index contributed by atoms with van der Waals surface area (Å²) in [7, 11) is -3.14. The Morgan fingerprint density at radius 2 is 1.92 bits per heavy atom. The maximum Gasteiger partial charge on any atom is 0.264 e. The molecule has 2 fully saturated rings. The molecular weight excluding hydrogens is 358 g/mol. The summed E-state index contributed by atoms with van der Waals surface area (Å²) in [5, 5.41) is 1.96. The van der Waals surface area contributed by atoms with Crippen LogP contribution in [-0.2, 0) is 10.0 Å². The van der Waals surface area contributed by atoms with Crippen molar-refractivity contribution in [1.82, 2.24) is 14.1 Å². The van der Waals surface area contributed by atoms with Crippen molar-refractivity contribution in [2.24, 2.45) is 0 Å². The quantitative estimate of drug-likeness (QED) is 0.790. The summed E-state index contributed by atoms with van der Waals surface area (Å²) in [4.78, 5) is 17.8. The summed E-state index contributed by atoms with van der Waals surface area (Å²) in [6.07, 6.45) is 3.09. The molecule has 1 atom stereocenters. The highest BCUT2D eigenvalue weighted by molar-refractivity contribution is 7.88. The maximum atomic E-state index is 12.7. The molecule has 3 rings (SSSR count). The van der Waals surface area contributed by atoms with Crippen LogP contribution in [0.4, 0.5) is 0 Å². The average Bonchev–Trinajstić information content (AvgIpc) is 3.21. The van der Waals surface area contributed by atoms with Crippen LogP contribution in [0, 0.1) is 6.92 Å². The van der Waals surface area contributed by atoms with Gasteiger partial charge in [0, 0.05) is 44.8 Å². The highest BCUT2D eigenvalue weighted by Crippen LogP contribution is 2.33. The summed E-state index contributed by atoms with van der Waals surface area (Å²) in [6.45, 7) is 8.31. The maximum absolute atomic E-state index is 12.7. The number of nitrogens with zero attached hydrogens (tertiary/aromatic N) is 3. The van der Waals surface area contributed by atoms with Gasteiger partial charge >= 0.3 is 0 Å². The Hall–Kier alpha value is -0.960. The average molecular weight is 386 g/mol. The molecule has 1 amide bonds.